The number of esters is 1. The average molecular weight is 514 g/mol. The van der Waals surface area contributed by atoms with Gasteiger partial charge in [0.1, 0.15) is 5.00 Å². The summed E-state index contributed by atoms with van der Waals surface area (Å²) in [5.41, 5.74) is 3.62. The number of hydrogen-bond donors (Lipinski definition) is 1. The minimum atomic E-state index is -0.393. The molecule has 2 heterocycles. The van der Waals surface area contributed by atoms with Gasteiger partial charge in [-0.2, -0.15) is 0 Å². The fourth-order valence-electron chi connectivity index (χ4n) is 4.25. The third kappa shape index (κ3) is 5.38. The second kappa shape index (κ2) is 10.8. The van der Waals surface area contributed by atoms with E-state index in [0.29, 0.717) is 28.2 Å². The summed E-state index contributed by atoms with van der Waals surface area (Å²) in [4.78, 5) is 28.6. The molecule has 186 valence electrons. The Kier molecular flexibility index (Phi) is 7.81. The van der Waals surface area contributed by atoms with Crippen LogP contribution in [0.3, 0.4) is 0 Å². The number of methoxy groups -OCH3 is 1. The van der Waals surface area contributed by atoms with Gasteiger partial charge >= 0.3 is 5.97 Å². The number of aromatic nitrogens is 3. The van der Waals surface area contributed by atoms with Crippen LogP contribution < -0.4 is 10.2 Å². The van der Waals surface area contributed by atoms with Crippen LogP contribution in [-0.2, 0) is 28.9 Å². The Bertz CT molecular complexity index is 1220. The standard InChI is InChI=1S/C25H31N5O3S2/c1-6-30-22(16-8-10-17(11-9-16)29(3)4)27-28-25(30)34-14-20(31)26-23-21(24(32)33-5)18-12-7-15(2)13-19(18)35-23/h8-11,15H,6-7,12-14H2,1-5H3,(H,26,31). The van der Waals surface area contributed by atoms with Gasteiger partial charge in [0.05, 0.1) is 18.4 Å². The lowest BCUT2D eigenvalue weighted by atomic mass is 9.88. The van der Waals surface area contributed by atoms with Crippen molar-refractivity contribution in [1.29, 1.82) is 0 Å². The molecule has 4 rings (SSSR count). The number of amides is 1. The molecule has 0 saturated heterocycles. The highest BCUT2D eigenvalue weighted by molar-refractivity contribution is 7.99. The highest BCUT2D eigenvalue weighted by Gasteiger charge is 2.29. The van der Waals surface area contributed by atoms with Crippen LogP contribution in [0, 0.1) is 5.92 Å². The van der Waals surface area contributed by atoms with Gasteiger partial charge in [0.15, 0.2) is 11.0 Å². The summed E-state index contributed by atoms with van der Waals surface area (Å²) in [6, 6.07) is 8.15. The number of fused-ring (bicyclic) bond motifs is 1. The summed E-state index contributed by atoms with van der Waals surface area (Å²) in [5, 5.41) is 12.9. The second-order valence-corrected chi connectivity index (χ2v) is 10.9. The lowest BCUT2D eigenvalue weighted by Crippen LogP contribution is -2.17. The van der Waals surface area contributed by atoms with Gasteiger partial charge in [-0.15, -0.1) is 21.5 Å². The Hall–Kier alpha value is -2.85. The molecule has 1 unspecified atom stereocenters. The highest BCUT2D eigenvalue weighted by Crippen LogP contribution is 2.40. The van der Waals surface area contributed by atoms with Crippen molar-refractivity contribution in [1.82, 2.24) is 14.8 Å². The average Bonchev–Trinajstić information content (AvgIpc) is 3.42. The molecule has 1 aliphatic carbocycles. The van der Waals surface area contributed by atoms with E-state index in [4.69, 9.17) is 4.74 Å². The molecule has 0 saturated carbocycles. The summed E-state index contributed by atoms with van der Waals surface area (Å²) < 4.78 is 7.03. The molecule has 1 amide bonds. The van der Waals surface area contributed by atoms with Crippen molar-refractivity contribution in [3.05, 3.63) is 40.3 Å². The van der Waals surface area contributed by atoms with E-state index in [9.17, 15) is 9.59 Å². The van der Waals surface area contributed by atoms with Crippen LogP contribution in [0.2, 0.25) is 0 Å². The quantitative estimate of drug-likeness (QED) is 0.344. The number of nitrogens with zero attached hydrogens (tertiary/aromatic N) is 4. The number of thioether (sulfide) groups is 1. The van der Waals surface area contributed by atoms with Crippen LogP contribution in [0.1, 0.15) is 41.1 Å². The van der Waals surface area contributed by atoms with Gasteiger partial charge < -0.3 is 19.5 Å². The zero-order chi connectivity index (χ0) is 25.1. The van der Waals surface area contributed by atoms with E-state index in [1.165, 1.54) is 35.1 Å². The maximum Gasteiger partial charge on any atom is 0.341 e. The second-order valence-electron chi connectivity index (χ2n) is 8.88. The van der Waals surface area contributed by atoms with Gasteiger partial charge in [-0.25, -0.2) is 4.79 Å². The molecule has 1 aromatic carbocycles. The van der Waals surface area contributed by atoms with Crippen molar-refractivity contribution in [2.24, 2.45) is 5.92 Å². The largest absolute Gasteiger partial charge is 0.465 e. The molecule has 8 nitrogen and oxygen atoms in total. The number of thiophene rings is 1. The topological polar surface area (TPSA) is 89.3 Å². The number of rotatable bonds is 8. The predicted octanol–water partition coefficient (Wildman–Crippen LogP) is 4.73. The Labute approximate surface area is 214 Å². The monoisotopic (exact) mass is 513 g/mol. The summed E-state index contributed by atoms with van der Waals surface area (Å²) in [7, 11) is 5.38. The normalized spacial score (nSPS) is 14.9. The van der Waals surface area contributed by atoms with Crippen molar-refractivity contribution in [3.63, 3.8) is 0 Å². The molecule has 1 atom stereocenters. The maximum absolute atomic E-state index is 12.9. The molecule has 10 heteroatoms. The Morgan fingerprint density at radius 3 is 2.66 bits per heavy atom. The minimum absolute atomic E-state index is 0.164. The Morgan fingerprint density at radius 1 is 1.26 bits per heavy atom. The molecule has 0 radical (unpaired) electrons. The zero-order valence-electron chi connectivity index (χ0n) is 20.8. The molecule has 2 aromatic heterocycles. The molecule has 1 N–H and O–H groups in total. The van der Waals surface area contributed by atoms with E-state index in [1.807, 2.05) is 54.8 Å². The third-order valence-electron chi connectivity index (χ3n) is 6.16. The van der Waals surface area contributed by atoms with Crippen molar-refractivity contribution in [3.8, 4) is 11.4 Å². The first-order chi connectivity index (χ1) is 16.8. The molecule has 35 heavy (non-hydrogen) atoms. The first-order valence-electron chi connectivity index (χ1n) is 11.7. The van der Waals surface area contributed by atoms with Gasteiger partial charge in [-0.1, -0.05) is 18.7 Å². The molecular formula is C25H31N5O3S2. The highest BCUT2D eigenvalue weighted by atomic mass is 32.2. The van der Waals surface area contributed by atoms with Gasteiger partial charge in [0.2, 0.25) is 5.91 Å². The van der Waals surface area contributed by atoms with E-state index in [-0.39, 0.29) is 11.7 Å². The number of anilines is 2. The van der Waals surface area contributed by atoms with Crippen LogP contribution in [0.15, 0.2) is 29.4 Å². The third-order valence-corrected chi connectivity index (χ3v) is 8.30. The van der Waals surface area contributed by atoms with E-state index >= 15 is 0 Å². The van der Waals surface area contributed by atoms with E-state index in [1.54, 1.807) is 0 Å². The van der Waals surface area contributed by atoms with Crippen LogP contribution in [0.25, 0.3) is 11.4 Å². The number of carbonyl (C=O) groups excluding carboxylic acids is 2. The van der Waals surface area contributed by atoms with Gasteiger partial charge in [-0.05, 0) is 61.9 Å². The Morgan fingerprint density at radius 2 is 2.00 bits per heavy atom. The molecule has 0 fully saturated rings. The van der Waals surface area contributed by atoms with Crippen molar-refractivity contribution in [2.45, 2.75) is 44.8 Å². The van der Waals surface area contributed by atoms with Crippen LogP contribution in [0.5, 0.6) is 0 Å². The van der Waals surface area contributed by atoms with Gasteiger partial charge in [-0.3, -0.25) is 4.79 Å². The van der Waals surface area contributed by atoms with Crippen molar-refractivity contribution in [2.75, 3.05) is 37.2 Å². The van der Waals surface area contributed by atoms with Gasteiger partial charge in [0, 0.05) is 36.8 Å². The molecule has 1 aliphatic rings. The van der Waals surface area contributed by atoms with E-state index < -0.39 is 5.97 Å². The van der Waals surface area contributed by atoms with E-state index in [2.05, 4.69) is 22.4 Å². The maximum atomic E-state index is 12.9. The Balaban J connectivity index is 1.47. The molecule has 0 spiro atoms. The van der Waals surface area contributed by atoms with E-state index in [0.717, 1.165) is 41.9 Å². The fourth-order valence-corrected chi connectivity index (χ4v) is 6.47. The molecule has 0 bridgehead atoms. The zero-order valence-corrected chi connectivity index (χ0v) is 22.4. The molecule has 3 aromatic rings. The summed E-state index contributed by atoms with van der Waals surface area (Å²) in [6.07, 6.45) is 2.79. The fraction of sp³-hybridized carbons (Fsp3) is 0.440. The summed E-state index contributed by atoms with van der Waals surface area (Å²) in [6.45, 7) is 4.93. The minimum Gasteiger partial charge on any atom is -0.465 e. The number of ether oxygens (including phenoxy) is 1. The smallest absolute Gasteiger partial charge is 0.341 e. The first kappa shape index (κ1) is 25.2. The van der Waals surface area contributed by atoms with Gasteiger partial charge in [0.25, 0.3) is 0 Å². The van der Waals surface area contributed by atoms with Crippen molar-refractivity contribution < 1.29 is 14.3 Å². The molecule has 0 aliphatic heterocycles. The van der Waals surface area contributed by atoms with Crippen LogP contribution >= 0.6 is 23.1 Å². The summed E-state index contributed by atoms with van der Waals surface area (Å²) in [5.74, 6) is 0.926. The number of carbonyl (C=O) groups is 2. The number of nitrogens with one attached hydrogen (secondary N) is 1. The SMILES string of the molecule is CCn1c(SCC(=O)Nc2sc3c(c2C(=O)OC)CCC(C)C3)nnc1-c1ccc(N(C)C)cc1. The predicted molar refractivity (Wildman–Crippen MR) is 142 cm³/mol. The van der Waals surface area contributed by atoms with Crippen LogP contribution in [-0.4, -0.2) is 53.6 Å². The van der Waals surface area contributed by atoms with Crippen LogP contribution in [0.4, 0.5) is 10.7 Å². The number of benzene rings is 1. The number of hydrogen-bond acceptors (Lipinski definition) is 8. The lowest BCUT2D eigenvalue weighted by molar-refractivity contribution is -0.113. The van der Waals surface area contributed by atoms with Crippen molar-refractivity contribution >= 4 is 45.7 Å². The summed E-state index contributed by atoms with van der Waals surface area (Å²) >= 11 is 2.83. The molecular weight excluding hydrogens is 482 g/mol. The lowest BCUT2D eigenvalue weighted by Gasteiger charge is -2.18. The first-order valence-corrected chi connectivity index (χ1v) is 13.5.